The number of nitrogens with one attached hydrogen (secondary N) is 1. The zero-order chi connectivity index (χ0) is 16.5. The molecule has 1 aliphatic carbocycles. The van der Waals surface area contributed by atoms with E-state index >= 15 is 0 Å². The first-order chi connectivity index (χ1) is 11.2. The molecule has 1 saturated heterocycles. The van der Waals surface area contributed by atoms with Gasteiger partial charge in [-0.3, -0.25) is 9.79 Å². The third-order valence-electron chi connectivity index (χ3n) is 4.99. The van der Waals surface area contributed by atoms with Crippen molar-refractivity contribution >= 4 is 12.2 Å². The number of morpholine rings is 1. The fourth-order valence-electron chi connectivity index (χ4n) is 3.71. The molecule has 2 rings (SSSR count). The van der Waals surface area contributed by atoms with E-state index < -0.39 is 11.9 Å². The molecule has 0 amide bonds. The topological polar surface area (TPSA) is 76.1 Å². The molecule has 0 radical (unpaired) electrons. The largest absolute Gasteiger partial charge is 0.465 e. The van der Waals surface area contributed by atoms with Gasteiger partial charge in [-0.2, -0.15) is 5.26 Å². The van der Waals surface area contributed by atoms with Gasteiger partial charge in [-0.1, -0.05) is 6.42 Å². The minimum atomic E-state index is -0.893. The van der Waals surface area contributed by atoms with Gasteiger partial charge in [0.2, 0.25) is 0 Å². The summed E-state index contributed by atoms with van der Waals surface area (Å²) >= 11 is 0. The lowest BCUT2D eigenvalue weighted by molar-refractivity contribution is -0.959. The first-order valence-corrected chi connectivity index (χ1v) is 8.71. The Kier molecular flexibility index (Phi) is 7.00. The maximum absolute atomic E-state index is 11.7. The van der Waals surface area contributed by atoms with Crippen LogP contribution in [0.1, 0.15) is 39.0 Å². The summed E-state index contributed by atoms with van der Waals surface area (Å²) in [6, 6.07) is 1.97. The van der Waals surface area contributed by atoms with Crippen LogP contribution in [0.3, 0.4) is 0 Å². The molecule has 0 bridgehead atoms. The van der Waals surface area contributed by atoms with E-state index in [1.807, 2.05) is 6.07 Å². The molecule has 0 spiro atoms. The van der Waals surface area contributed by atoms with E-state index in [-0.39, 0.29) is 12.1 Å². The SMILES string of the molecule is CCOC(=O)[C@@H](C#N)C=NCC1([NH+]2CCOCC2)CCCCC1. The number of hydrogen-bond donors (Lipinski definition) is 1. The maximum Gasteiger partial charge on any atom is 0.328 e. The lowest BCUT2D eigenvalue weighted by Crippen LogP contribution is -3.22. The van der Waals surface area contributed by atoms with Crippen LogP contribution in [0.4, 0.5) is 0 Å². The molecule has 2 aliphatic rings. The van der Waals surface area contributed by atoms with Crippen LogP contribution in [0.25, 0.3) is 0 Å². The zero-order valence-corrected chi connectivity index (χ0v) is 14.1. The van der Waals surface area contributed by atoms with Gasteiger partial charge < -0.3 is 14.4 Å². The molecular formula is C17H28N3O3+. The highest BCUT2D eigenvalue weighted by molar-refractivity contribution is 5.92. The highest BCUT2D eigenvalue weighted by Crippen LogP contribution is 2.26. The van der Waals surface area contributed by atoms with Gasteiger partial charge >= 0.3 is 5.97 Å². The van der Waals surface area contributed by atoms with Crippen molar-refractivity contribution in [3.63, 3.8) is 0 Å². The standard InChI is InChI=1S/C17H27N3O3/c1-2-23-16(21)15(12-18)13-19-14-17(6-4-3-5-7-17)20-8-10-22-11-9-20/h13,15H,2-11,14H2,1H3/p+1/t15-/m0/s1. The second kappa shape index (κ2) is 8.99. The molecule has 1 saturated carbocycles. The normalized spacial score (nSPS) is 23.3. The molecule has 6 nitrogen and oxygen atoms in total. The quantitative estimate of drug-likeness (QED) is 0.566. The summed E-state index contributed by atoms with van der Waals surface area (Å²) in [6.45, 7) is 6.37. The van der Waals surface area contributed by atoms with Crippen molar-refractivity contribution in [2.24, 2.45) is 10.9 Å². The van der Waals surface area contributed by atoms with Crippen LogP contribution in [0, 0.1) is 17.2 Å². The molecule has 128 valence electrons. The van der Waals surface area contributed by atoms with Crippen LogP contribution in [0.2, 0.25) is 0 Å². The first kappa shape index (κ1) is 17.9. The van der Waals surface area contributed by atoms with Crippen LogP contribution in [0.15, 0.2) is 4.99 Å². The Morgan fingerprint density at radius 1 is 1.39 bits per heavy atom. The summed E-state index contributed by atoms with van der Waals surface area (Å²) in [5.74, 6) is -1.40. The number of carbonyl (C=O) groups is 1. The summed E-state index contributed by atoms with van der Waals surface area (Å²) in [4.78, 5) is 17.8. The molecule has 0 aromatic heterocycles. The fraction of sp³-hybridized carbons (Fsp3) is 0.824. The van der Waals surface area contributed by atoms with Gasteiger partial charge in [0, 0.05) is 19.1 Å². The van der Waals surface area contributed by atoms with Gasteiger partial charge in [-0.15, -0.1) is 0 Å². The number of rotatable bonds is 6. The van der Waals surface area contributed by atoms with Crippen molar-refractivity contribution in [3.8, 4) is 6.07 Å². The van der Waals surface area contributed by atoms with Crippen LogP contribution in [-0.4, -0.2) is 57.2 Å². The minimum Gasteiger partial charge on any atom is -0.465 e. The molecular weight excluding hydrogens is 294 g/mol. The summed E-state index contributed by atoms with van der Waals surface area (Å²) in [6.07, 6.45) is 7.57. The highest BCUT2D eigenvalue weighted by atomic mass is 16.5. The van der Waals surface area contributed by atoms with E-state index in [9.17, 15) is 4.79 Å². The predicted molar refractivity (Wildman–Crippen MR) is 86.4 cm³/mol. The molecule has 0 unspecified atom stereocenters. The van der Waals surface area contributed by atoms with Crippen LogP contribution >= 0.6 is 0 Å². The van der Waals surface area contributed by atoms with E-state index in [1.54, 1.807) is 11.8 Å². The van der Waals surface area contributed by atoms with E-state index in [2.05, 4.69) is 4.99 Å². The number of nitriles is 1. The second-order valence-electron chi connectivity index (χ2n) is 6.41. The Bertz CT molecular complexity index is 446. The summed E-state index contributed by atoms with van der Waals surface area (Å²) in [7, 11) is 0. The van der Waals surface area contributed by atoms with Gasteiger partial charge in [-0.05, 0) is 19.8 Å². The van der Waals surface area contributed by atoms with Crippen molar-refractivity contribution < 1.29 is 19.2 Å². The zero-order valence-electron chi connectivity index (χ0n) is 14.1. The van der Waals surface area contributed by atoms with Gasteiger partial charge in [0.05, 0.1) is 32.4 Å². The smallest absolute Gasteiger partial charge is 0.328 e. The maximum atomic E-state index is 11.7. The average Bonchev–Trinajstić information content (AvgIpc) is 2.60. The Balaban J connectivity index is 2.01. The van der Waals surface area contributed by atoms with E-state index in [0.29, 0.717) is 6.54 Å². The third-order valence-corrected chi connectivity index (χ3v) is 4.99. The molecule has 1 N–H and O–H groups in total. The number of hydrogen-bond acceptors (Lipinski definition) is 5. The van der Waals surface area contributed by atoms with E-state index in [4.69, 9.17) is 14.7 Å². The fourth-order valence-corrected chi connectivity index (χ4v) is 3.71. The molecule has 0 aromatic rings. The van der Waals surface area contributed by atoms with Crippen LogP contribution in [-0.2, 0) is 14.3 Å². The molecule has 0 aromatic carbocycles. The Morgan fingerprint density at radius 3 is 2.70 bits per heavy atom. The molecule has 1 aliphatic heterocycles. The van der Waals surface area contributed by atoms with Crippen molar-refractivity contribution in [2.75, 3.05) is 39.5 Å². The van der Waals surface area contributed by atoms with Gasteiger partial charge in [-0.25, -0.2) is 0 Å². The van der Waals surface area contributed by atoms with Crippen molar-refractivity contribution in [1.29, 1.82) is 5.26 Å². The molecule has 6 heteroatoms. The number of esters is 1. The summed E-state index contributed by atoms with van der Waals surface area (Å²) in [5.41, 5.74) is 0.146. The van der Waals surface area contributed by atoms with Crippen molar-refractivity contribution in [1.82, 2.24) is 0 Å². The van der Waals surface area contributed by atoms with Crippen molar-refractivity contribution in [2.45, 2.75) is 44.6 Å². The molecule has 23 heavy (non-hydrogen) atoms. The second-order valence-corrected chi connectivity index (χ2v) is 6.41. The number of quaternary nitrogens is 1. The van der Waals surface area contributed by atoms with Gasteiger partial charge in [0.15, 0.2) is 5.92 Å². The van der Waals surface area contributed by atoms with Crippen LogP contribution in [0.5, 0.6) is 0 Å². The van der Waals surface area contributed by atoms with Crippen molar-refractivity contribution in [3.05, 3.63) is 0 Å². The lowest BCUT2D eigenvalue weighted by Gasteiger charge is -2.44. The third kappa shape index (κ3) is 4.76. The van der Waals surface area contributed by atoms with E-state index in [0.717, 1.165) is 39.1 Å². The number of nitrogens with zero attached hydrogens (tertiary/aromatic N) is 2. The van der Waals surface area contributed by atoms with E-state index in [1.165, 1.54) is 25.5 Å². The average molecular weight is 322 g/mol. The number of aliphatic imine (C=N–C) groups is 1. The van der Waals surface area contributed by atoms with Gasteiger partial charge in [0.1, 0.15) is 18.6 Å². The van der Waals surface area contributed by atoms with Crippen LogP contribution < -0.4 is 4.90 Å². The summed E-state index contributed by atoms with van der Waals surface area (Å²) in [5, 5.41) is 9.11. The lowest BCUT2D eigenvalue weighted by atomic mass is 9.80. The molecule has 1 atom stereocenters. The monoisotopic (exact) mass is 322 g/mol. The Hall–Kier alpha value is -1.45. The number of carbonyl (C=O) groups excluding carboxylic acids is 1. The molecule has 2 fully saturated rings. The molecule has 1 heterocycles. The predicted octanol–water partition coefficient (Wildman–Crippen LogP) is 0.378. The first-order valence-electron chi connectivity index (χ1n) is 8.71. The number of ether oxygens (including phenoxy) is 2. The highest BCUT2D eigenvalue weighted by Gasteiger charge is 2.42. The Labute approximate surface area is 138 Å². The Morgan fingerprint density at radius 2 is 2.09 bits per heavy atom. The summed E-state index contributed by atoms with van der Waals surface area (Å²) < 4.78 is 10.4. The minimum absolute atomic E-state index is 0.146. The van der Waals surface area contributed by atoms with Gasteiger partial charge in [0.25, 0.3) is 0 Å².